The van der Waals surface area contributed by atoms with Gasteiger partial charge in [0.15, 0.2) is 12.6 Å². The number of aliphatic hydroxyl groups excluding tert-OH is 7. The fourth-order valence-electron chi connectivity index (χ4n) is 10.6. The molecule has 8 N–H and O–H groups in total. The maximum absolute atomic E-state index is 12.5. The summed E-state index contributed by atoms with van der Waals surface area (Å²) < 4.78 is 28.6. The van der Waals surface area contributed by atoms with Crippen molar-refractivity contribution in [2.45, 2.75) is 145 Å². The van der Waals surface area contributed by atoms with Crippen LogP contribution in [0.4, 0.5) is 0 Å². The molecule has 3 aliphatic heterocycles. The molecule has 3 heterocycles. The molecule has 0 amide bonds. The van der Waals surface area contributed by atoms with Gasteiger partial charge in [0.1, 0.15) is 55.4 Å². The first-order valence-corrected chi connectivity index (χ1v) is 17.8. The first-order valence-electron chi connectivity index (χ1n) is 17.8. The number of esters is 1. The van der Waals surface area contributed by atoms with E-state index in [0.29, 0.717) is 32.3 Å². The van der Waals surface area contributed by atoms with Gasteiger partial charge in [-0.2, -0.15) is 0 Å². The van der Waals surface area contributed by atoms with E-state index in [0.717, 1.165) is 37.7 Å². The van der Waals surface area contributed by atoms with Gasteiger partial charge in [0.05, 0.1) is 31.3 Å². The first-order chi connectivity index (χ1) is 23.3. The summed E-state index contributed by atoms with van der Waals surface area (Å²) in [5.41, 5.74) is 2.06. The Morgan fingerprint density at radius 3 is 2.20 bits per heavy atom. The van der Waals surface area contributed by atoms with Crippen LogP contribution in [0.2, 0.25) is 0 Å². The highest BCUT2D eigenvalue weighted by atomic mass is 16.7. The highest BCUT2D eigenvalue weighted by Crippen LogP contribution is 2.68. The van der Waals surface area contributed by atoms with Gasteiger partial charge >= 0.3 is 5.97 Å². The normalized spacial score (nSPS) is 53.0. The number of carbonyl (C=O) groups is 1. The number of fused-ring (bicyclic) bond motifs is 5. The summed E-state index contributed by atoms with van der Waals surface area (Å²) in [4.78, 5) is 11.9. The Labute approximate surface area is 285 Å². The highest BCUT2D eigenvalue weighted by Gasteiger charge is 2.65. The number of hydrogen-bond donors (Lipinski definition) is 8. The second-order valence-corrected chi connectivity index (χ2v) is 15.8. The molecule has 0 aromatic heterocycles. The Bertz CT molecular complexity index is 1330. The fourth-order valence-corrected chi connectivity index (χ4v) is 10.6. The predicted octanol–water partition coefficient (Wildman–Crippen LogP) is -0.683. The molecule has 7 rings (SSSR count). The van der Waals surface area contributed by atoms with Crippen LogP contribution in [0.25, 0.3) is 0 Å². The average Bonchev–Trinajstić information content (AvgIpc) is 3.63. The van der Waals surface area contributed by atoms with Crippen LogP contribution in [-0.4, -0.2) is 140 Å². The molecule has 3 saturated carbocycles. The second kappa shape index (κ2) is 13.2. The number of hydrogen-bond acceptors (Lipinski definition) is 14. The Kier molecular flexibility index (Phi) is 9.62. The molecule has 0 radical (unpaired) electrons. The van der Waals surface area contributed by atoms with Gasteiger partial charge in [-0.05, 0) is 74.2 Å². The smallest absolute Gasteiger partial charge is 0.310 e. The molecular formula is C35H52O14. The molecule has 0 aromatic rings. The number of ether oxygens (including phenoxy) is 5. The molecule has 7 aliphatic rings. The van der Waals surface area contributed by atoms with Gasteiger partial charge in [-0.15, -0.1) is 0 Å². The third kappa shape index (κ3) is 5.66. The quantitative estimate of drug-likeness (QED) is 0.127. The van der Waals surface area contributed by atoms with E-state index in [-0.39, 0.29) is 29.3 Å². The van der Waals surface area contributed by atoms with E-state index in [1.165, 1.54) is 11.1 Å². The summed E-state index contributed by atoms with van der Waals surface area (Å²) in [6, 6.07) is 0. The molecule has 0 bridgehead atoms. The molecule has 0 aromatic carbocycles. The van der Waals surface area contributed by atoms with Crippen molar-refractivity contribution in [3.8, 4) is 0 Å². The van der Waals surface area contributed by atoms with Crippen LogP contribution in [0.5, 0.6) is 0 Å². The fraction of sp³-hybridized carbons (Fsp3) is 0.857. The molecule has 49 heavy (non-hydrogen) atoms. The number of aliphatic hydroxyl groups is 8. The van der Waals surface area contributed by atoms with Crippen molar-refractivity contribution in [2.24, 2.45) is 22.7 Å². The molecule has 3 saturated heterocycles. The zero-order valence-electron chi connectivity index (χ0n) is 28.1. The van der Waals surface area contributed by atoms with Crippen LogP contribution in [0.3, 0.4) is 0 Å². The highest BCUT2D eigenvalue weighted by molar-refractivity contribution is 5.76. The van der Waals surface area contributed by atoms with Crippen LogP contribution >= 0.6 is 0 Å². The van der Waals surface area contributed by atoms with E-state index < -0.39 is 85.6 Å². The third-order valence-corrected chi connectivity index (χ3v) is 13.5. The molecule has 14 nitrogen and oxygen atoms in total. The Hall–Kier alpha value is -1.53. The summed E-state index contributed by atoms with van der Waals surface area (Å²) in [5.74, 6) is 0.140. The van der Waals surface area contributed by atoms with E-state index in [2.05, 4.69) is 19.9 Å². The minimum atomic E-state index is -1.76. The van der Waals surface area contributed by atoms with Gasteiger partial charge in [0.25, 0.3) is 0 Å². The Morgan fingerprint density at radius 1 is 0.837 bits per heavy atom. The van der Waals surface area contributed by atoms with E-state index in [9.17, 15) is 45.6 Å². The summed E-state index contributed by atoms with van der Waals surface area (Å²) in [6.07, 6.45) is -6.93. The molecule has 276 valence electrons. The van der Waals surface area contributed by atoms with E-state index in [1.807, 2.05) is 0 Å². The summed E-state index contributed by atoms with van der Waals surface area (Å²) in [6.45, 7) is 3.48. The van der Waals surface area contributed by atoms with Crippen molar-refractivity contribution in [3.63, 3.8) is 0 Å². The molecule has 4 aliphatic carbocycles. The molecule has 16 atom stereocenters. The van der Waals surface area contributed by atoms with E-state index in [4.69, 9.17) is 23.7 Å². The SMILES string of the molecule is C[C@]12CC[C@H](O[C@H]3O[C@@H](CO)[C@@H](O)[C@@H](O[C@H]4O[C@@H](CO)[C@@H](O)[C@@H](O)[C@H]4O)[C@H]3O)CC1=CC[C@@H]1[C@@H]2CC[C@@]2(C)/C(=C3\COC(=O)C3)CC[C@]12O. The number of rotatable bonds is 6. The van der Waals surface area contributed by atoms with Gasteiger partial charge in [0.2, 0.25) is 0 Å². The van der Waals surface area contributed by atoms with Gasteiger partial charge in [-0.1, -0.05) is 31.1 Å². The Balaban J connectivity index is 1.05. The summed E-state index contributed by atoms with van der Waals surface area (Å²) in [5, 5.41) is 85.0. The Morgan fingerprint density at radius 2 is 1.53 bits per heavy atom. The average molecular weight is 697 g/mol. The van der Waals surface area contributed by atoms with Crippen molar-refractivity contribution in [3.05, 3.63) is 22.8 Å². The van der Waals surface area contributed by atoms with Gasteiger partial charge in [-0.25, -0.2) is 0 Å². The standard InChI is InChI=1S/C35H52O14/c1-33-8-5-18(46-32-29(43)30(26(40)23(14-37)48-32)49-31-28(42)27(41)25(39)22(13-36)47-31)12-17(33)3-4-21-20(33)6-9-34(2)19(7-10-35(21,34)44)16-11-24(38)45-15-16/h3,18,20-23,25-32,36-37,39-44H,4-15H2,1-2H3/b19-16-/t18-,20-,21+,22-,23-,25+,26+,27+,28+,29+,30+,31+,32-,33-,34-,35-/m0/s1. The maximum atomic E-state index is 12.5. The van der Waals surface area contributed by atoms with Crippen LogP contribution in [0.1, 0.15) is 71.6 Å². The van der Waals surface area contributed by atoms with Crippen molar-refractivity contribution in [1.29, 1.82) is 0 Å². The van der Waals surface area contributed by atoms with Crippen LogP contribution in [-0.2, 0) is 28.5 Å². The zero-order chi connectivity index (χ0) is 35.0. The number of carbonyl (C=O) groups excluding carboxylic acids is 1. The lowest BCUT2D eigenvalue weighted by molar-refractivity contribution is -0.364. The number of cyclic esters (lactones) is 1. The van der Waals surface area contributed by atoms with Gasteiger partial charge < -0.3 is 64.5 Å². The predicted molar refractivity (Wildman–Crippen MR) is 167 cm³/mol. The van der Waals surface area contributed by atoms with Crippen molar-refractivity contribution < 1.29 is 69.3 Å². The molecular weight excluding hydrogens is 644 g/mol. The molecule has 14 heteroatoms. The van der Waals surface area contributed by atoms with Crippen molar-refractivity contribution in [2.75, 3.05) is 19.8 Å². The van der Waals surface area contributed by atoms with Gasteiger partial charge in [0, 0.05) is 5.41 Å². The lowest BCUT2D eigenvalue weighted by Crippen LogP contribution is -2.65. The molecule has 6 fully saturated rings. The minimum absolute atomic E-state index is 0.0733. The van der Waals surface area contributed by atoms with Crippen LogP contribution in [0.15, 0.2) is 22.8 Å². The summed E-state index contributed by atoms with van der Waals surface area (Å²) >= 11 is 0. The van der Waals surface area contributed by atoms with Crippen molar-refractivity contribution >= 4 is 5.97 Å². The molecule has 0 unspecified atom stereocenters. The molecule has 0 spiro atoms. The van der Waals surface area contributed by atoms with Crippen LogP contribution < -0.4 is 0 Å². The monoisotopic (exact) mass is 696 g/mol. The van der Waals surface area contributed by atoms with Crippen molar-refractivity contribution in [1.82, 2.24) is 0 Å². The zero-order valence-corrected chi connectivity index (χ0v) is 28.1. The minimum Gasteiger partial charge on any atom is -0.461 e. The lowest BCUT2D eigenvalue weighted by atomic mass is 9.46. The summed E-state index contributed by atoms with van der Waals surface area (Å²) in [7, 11) is 0. The van der Waals surface area contributed by atoms with E-state index in [1.54, 1.807) is 0 Å². The second-order valence-electron chi connectivity index (χ2n) is 15.8. The topological polar surface area (TPSA) is 225 Å². The van der Waals surface area contributed by atoms with Crippen LogP contribution in [0, 0.1) is 22.7 Å². The first kappa shape index (κ1) is 35.9. The lowest BCUT2D eigenvalue weighted by Gasteiger charge is -2.60. The number of allylic oxidation sites excluding steroid dienone is 1. The van der Waals surface area contributed by atoms with Gasteiger partial charge in [-0.3, -0.25) is 4.79 Å². The largest absolute Gasteiger partial charge is 0.461 e. The third-order valence-electron chi connectivity index (χ3n) is 13.5. The maximum Gasteiger partial charge on any atom is 0.310 e. The van der Waals surface area contributed by atoms with E-state index >= 15 is 0 Å².